The second-order valence-corrected chi connectivity index (χ2v) is 7.26. The molecular formula is C20H23N5S. The normalized spacial score (nSPS) is 17.7. The third kappa shape index (κ3) is 3.22. The number of aryl methyl sites for hydroxylation is 2. The molecule has 134 valence electrons. The molecule has 1 saturated heterocycles. The van der Waals surface area contributed by atoms with E-state index in [0.29, 0.717) is 12.7 Å². The zero-order valence-electron chi connectivity index (χ0n) is 15.2. The first kappa shape index (κ1) is 17.1. The molecule has 1 atom stereocenters. The second-order valence-electron chi connectivity index (χ2n) is 6.90. The number of likely N-dealkylation sites (tertiary alicyclic amines) is 1. The quantitative estimate of drug-likeness (QED) is 0.649. The van der Waals surface area contributed by atoms with E-state index in [9.17, 15) is 0 Å². The van der Waals surface area contributed by atoms with Crippen LogP contribution in [-0.2, 0) is 6.67 Å². The minimum atomic E-state index is 0.385. The Balaban J connectivity index is 1.62. The molecular weight excluding hydrogens is 342 g/mol. The first-order valence-corrected chi connectivity index (χ1v) is 9.42. The predicted octanol–water partition coefficient (Wildman–Crippen LogP) is 4.21. The van der Waals surface area contributed by atoms with E-state index < -0.39 is 0 Å². The summed E-state index contributed by atoms with van der Waals surface area (Å²) in [6.07, 6.45) is 6.13. The highest BCUT2D eigenvalue weighted by Crippen LogP contribution is 2.31. The van der Waals surface area contributed by atoms with E-state index in [1.54, 1.807) is 0 Å². The van der Waals surface area contributed by atoms with Crippen LogP contribution in [-0.4, -0.2) is 30.8 Å². The molecule has 1 aromatic carbocycles. The van der Waals surface area contributed by atoms with E-state index in [0.717, 1.165) is 29.2 Å². The molecule has 0 bridgehead atoms. The molecule has 1 unspecified atom stereocenters. The lowest BCUT2D eigenvalue weighted by molar-refractivity contribution is 0.189. The van der Waals surface area contributed by atoms with Gasteiger partial charge >= 0.3 is 0 Å². The van der Waals surface area contributed by atoms with Crippen molar-refractivity contribution in [2.24, 2.45) is 0 Å². The molecule has 1 aliphatic rings. The third-order valence-electron chi connectivity index (χ3n) is 5.04. The predicted molar refractivity (Wildman–Crippen MR) is 105 cm³/mol. The van der Waals surface area contributed by atoms with Gasteiger partial charge in [-0.25, -0.2) is 4.68 Å². The van der Waals surface area contributed by atoms with Gasteiger partial charge in [0.05, 0.1) is 6.67 Å². The van der Waals surface area contributed by atoms with Gasteiger partial charge in [-0.05, 0) is 62.7 Å². The standard InChI is InChI=1S/C20H23N5S/c1-15-7-9-18(10-8-15)25-16(2)22-24(20(25)26)14-23-12-4-6-19(23)17-5-3-11-21-13-17/h3,5,7-11,13,19H,4,6,12,14H2,1-2H3. The fraction of sp³-hybridized carbons (Fsp3) is 0.350. The van der Waals surface area contributed by atoms with Gasteiger partial charge in [-0.1, -0.05) is 23.8 Å². The number of hydrogen-bond acceptors (Lipinski definition) is 4. The van der Waals surface area contributed by atoms with Crippen LogP contribution in [0.4, 0.5) is 0 Å². The lowest BCUT2D eigenvalue weighted by Gasteiger charge is -2.24. The van der Waals surface area contributed by atoms with E-state index in [1.807, 2.05) is 34.6 Å². The summed E-state index contributed by atoms with van der Waals surface area (Å²) in [6, 6.07) is 12.9. The van der Waals surface area contributed by atoms with E-state index in [4.69, 9.17) is 17.3 Å². The maximum atomic E-state index is 5.74. The Morgan fingerprint density at radius 2 is 1.96 bits per heavy atom. The van der Waals surface area contributed by atoms with Gasteiger partial charge in [-0.15, -0.1) is 0 Å². The van der Waals surface area contributed by atoms with Crippen LogP contribution in [0.1, 0.15) is 35.8 Å². The second kappa shape index (κ2) is 7.13. The smallest absolute Gasteiger partial charge is 0.203 e. The summed E-state index contributed by atoms with van der Waals surface area (Å²) >= 11 is 5.74. The number of aromatic nitrogens is 4. The van der Waals surface area contributed by atoms with Gasteiger partial charge in [-0.2, -0.15) is 5.10 Å². The summed E-state index contributed by atoms with van der Waals surface area (Å²) < 4.78 is 4.73. The zero-order valence-corrected chi connectivity index (χ0v) is 16.0. The Hall–Kier alpha value is -2.31. The Kier molecular flexibility index (Phi) is 4.70. The summed E-state index contributed by atoms with van der Waals surface area (Å²) in [5, 5.41) is 4.72. The molecule has 5 nitrogen and oxygen atoms in total. The summed E-state index contributed by atoms with van der Waals surface area (Å²) in [5.74, 6) is 0.913. The Morgan fingerprint density at radius 3 is 2.69 bits per heavy atom. The highest BCUT2D eigenvalue weighted by Gasteiger charge is 2.27. The molecule has 0 radical (unpaired) electrons. The van der Waals surface area contributed by atoms with E-state index >= 15 is 0 Å². The van der Waals surface area contributed by atoms with Gasteiger partial charge in [-0.3, -0.25) is 14.5 Å². The molecule has 3 heterocycles. The topological polar surface area (TPSA) is 38.9 Å². The molecule has 1 aliphatic heterocycles. The van der Waals surface area contributed by atoms with Crippen molar-refractivity contribution >= 4 is 12.2 Å². The molecule has 2 aromatic heterocycles. The fourth-order valence-electron chi connectivity index (χ4n) is 3.72. The van der Waals surface area contributed by atoms with Gasteiger partial charge in [0.15, 0.2) is 0 Å². The SMILES string of the molecule is Cc1ccc(-n2c(C)nn(CN3CCCC3c3cccnc3)c2=S)cc1. The van der Waals surface area contributed by atoms with Crippen LogP contribution >= 0.6 is 12.2 Å². The molecule has 3 aromatic rings. The average molecular weight is 366 g/mol. The molecule has 0 N–H and O–H groups in total. The van der Waals surface area contributed by atoms with Crippen LogP contribution in [0.15, 0.2) is 48.8 Å². The first-order valence-electron chi connectivity index (χ1n) is 9.01. The Labute approximate surface area is 158 Å². The van der Waals surface area contributed by atoms with Crippen LogP contribution < -0.4 is 0 Å². The van der Waals surface area contributed by atoms with Crippen molar-refractivity contribution in [2.75, 3.05) is 6.54 Å². The molecule has 4 rings (SSSR count). The fourth-order valence-corrected chi connectivity index (χ4v) is 4.05. The Morgan fingerprint density at radius 1 is 1.15 bits per heavy atom. The van der Waals surface area contributed by atoms with Crippen LogP contribution in [0.2, 0.25) is 0 Å². The maximum Gasteiger partial charge on any atom is 0.203 e. The lowest BCUT2D eigenvalue weighted by Crippen LogP contribution is -2.27. The minimum absolute atomic E-state index is 0.385. The van der Waals surface area contributed by atoms with Crippen LogP contribution in [0.25, 0.3) is 5.69 Å². The van der Waals surface area contributed by atoms with Gasteiger partial charge in [0, 0.05) is 30.7 Å². The van der Waals surface area contributed by atoms with E-state index in [1.165, 1.54) is 17.5 Å². The molecule has 0 spiro atoms. The van der Waals surface area contributed by atoms with E-state index in [2.05, 4.69) is 47.1 Å². The largest absolute Gasteiger partial charge is 0.277 e. The van der Waals surface area contributed by atoms with Gasteiger partial charge < -0.3 is 0 Å². The zero-order chi connectivity index (χ0) is 18.1. The van der Waals surface area contributed by atoms with Crippen LogP contribution in [0.3, 0.4) is 0 Å². The van der Waals surface area contributed by atoms with Crippen molar-refractivity contribution < 1.29 is 0 Å². The Bertz CT molecular complexity index is 943. The maximum absolute atomic E-state index is 5.74. The summed E-state index contributed by atoms with van der Waals surface area (Å²) in [7, 11) is 0. The number of nitrogens with zero attached hydrogens (tertiary/aromatic N) is 5. The van der Waals surface area contributed by atoms with Crippen molar-refractivity contribution in [2.45, 2.75) is 39.4 Å². The molecule has 0 aliphatic carbocycles. The van der Waals surface area contributed by atoms with Crippen LogP contribution in [0, 0.1) is 18.6 Å². The van der Waals surface area contributed by atoms with Crippen molar-refractivity contribution in [1.29, 1.82) is 0 Å². The lowest BCUT2D eigenvalue weighted by atomic mass is 10.1. The van der Waals surface area contributed by atoms with Crippen molar-refractivity contribution in [3.63, 3.8) is 0 Å². The van der Waals surface area contributed by atoms with Crippen LogP contribution in [0.5, 0.6) is 0 Å². The molecule has 1 fully saturated rings. The number of rotatable bonds is 4. The van der Waals surface area contributed by atoms with Gasteiger partial charge in [0.1, 0.15) is 5.82 Å². The average Bonchev–Trinajstić information content (AvgIpc) is 3.22. The monoisotopic (exact) mass is 365 g/mol. The number of benzene rings is 1. The first-order chi connectivity index (χ1) is 12.6. The molecule has 0 amide bonds. The number of hydrogen-bond donors (Lipinski definition) is 0. The summed E-state index contributed by atoms with van der Waals surface area (Å²) in [6.45, 7) is 5.86. The van der Waals surface area contributed by atoms with Crippen molar-refractivity contribution in [3.05, 3.63) is 70.5 Å². The van der Waals surface area contributed by atoms with Crippen molar-refractivity contribution in [1.82, 2.24) is 24.2 Å². The number of pyridine rings is 1. The highest BCUT2D eigenvalue weighted by atomic mass is 32.1. The molecule has 26 heavy (non-hydrogen) atoms. The molecule has 6 heteroatoms. The van der Waals surface area contributed by atoms with E-state index in [-0.39, 0.29) is 0 Å². The van der Waals surface area contributed by atoms with Gasteiger partial charge in [0.25, 0.3) is 0 Å². The van der Waals surface area contributed by atoms with Gasteiger partial charge in [0.2, 0.25) is 4.77 Å². The summed E-state index contributed by atoms with van der Waals surface area (Å²) in [5.41, 5.74) is 3.57. The molecule has 0 saturated carbocycles. The minimum Gasteiger partial charge on any atom is -0.277 e. The highest BCUT2D eigenvalue weighted by molar-refractivity contribution is 7.71. The van der Waals surface area contributed by atoms with Crippen molar-refractivity contribution in [3.8, 4) is 5.69 Å². The summed E-state index contributed by atoms with van der Waals surface area (Å²) in [4.78, 5) is 6.72. The third-order valence-corrected chi connectivity index (χ3v) is 5.44.